The second-order valence-electron chi connectivity index (χ2n) is 3.72. The Morgan fingerprint density at radius 2 is 2.25 bits per heavy atom. The number of ether oxygens (including phenoxy) is 1. The quantitative estimate of drug-likeness (QED) is 0.811. The molecular weight excluding hydrogens is 288 g/mol. The van der Waals surface area contributed by atoms with E-state index < -0.39 is 0 Å². The summed E-state index contributed by atoms with van der Waals surface area (Å²) >= 11 is 4.72. The molecule has 82 valence electrons. The molecule has 0 bridgehead atoms. The molecule has 1 aliphatic heterocycles. The Kier molecular flexibility index (Phi) is 2.65. The standard InChI is InChI=1S/C11H9BrN2OS/c12-11-13-10(16-14-11)8-5-7-3-1-2-4-9(7)15-6-8/h1-4,8H,5-6H2. The average Bonchev–Trinajstić information content (AvgIpc) is 2.75. The van der Waals surface area contributed by atoms with Crippen LogP contribution in [0.25, 0.3) is 0 Å². The van der Waals surface area contributed by atoms with Crippen molar-refractivity contribution >= 4 is 27.5 Å². The van der Waals surface area contributed by atoms with Gasteiger partial charge in [0.05, 0.1) is 12.5 Å². The molecule has 2 aromatic rings. The molecule has 3 nitrogen and oxygen atoms in total. The van der Waals surface area contributed by atoms with Crippen molar-refractivity contribution in [3.8, 4) is 5.75 Å². The molecule has 5 heteroatoms. The van der Waals surface area contributed by atoms with Crippen LogP contribution in [-0.4, -0.2) is 16.0 Å². The zero-order chi connectivity index (χ0) is 11.0. The van der Waals surface area contributed by atoms with Gasteiger partial charge < -0.3 is 4.74 Å². The third-order valence-corrected chi connectivity index (χ3v) is 4.11. The Morgan fingerprint density at radius 3 is 3.06 bits per heavy atom. The smallest absolute Gasteiger partial charge is 0.209 e. The minimum atomic E-state index is 0.332. The molecule has 0 radical (unpaired) electrons. The molecule has 0 N–H and O–H groups in total. The molecule has 0 saturated carbocycles. The van der Waals surface area contributed by atoms with Gasteiger partial charge in [0.1, 0.15) is 10.8 Å². The normalized spacial score (nSPS) is 18.9. The molecule has 0 aliphatic carbocycles. The highest BCUT2D eigenvalue weighted by atomic mass is 79.9. The molecule has 0 fully saturated rings. The highest BCUT2D eigenvalue weighted by Crippen LogP contribution is 2.33. The summed E-state index contributed by atoms with van der Waals surface area (Å²) in [5.74, 6) is 1.33. The zero-order valence-corrected chi connectivity index (χ0v) is 10.8. The van der Waals surface area contributed by atoms with E-state index in [1.807, 2.05) is 18.2 Å². The first-order valence-electron chi connectivity index (χ1n) is 5.03. The predicted molar refractivity (Wildman–Crippen MR) is 66.0 cm³/mol. The summed E-state index contributed by atoms with van der Waals surface area (Å²) in [6.07, 6.45) is 0.984. The summed E-state index contributed by atoms with van der Waals surface area (Å²) in [5, 5.41) is 1.04. The Hall–Kier alpha value is -0.940. The van der Waals surface area contributed by atoms with Crippen LogP contribution in [0.1, 0.15) is 16.5 Å². The molecule has 0 amide bonds. The van der Waals surface area contributed by atoms with Gasteiger partial charge in [-0.25, -0.2) is 4.98 Å². The lowest BCUT2D eigenvalue weighted by Crippen LogP contribution is -2.18. The van der Waals surface area contributed by atoms with Crippen LogP contribution in [0.5, 0.6) is 5.75 Å². The van der Waals surface area contributed by atoms with Crippen molar-refractivity contribution in [2.45, 2.75) is 12.3 Å². The predicted octanol–water partition coefficient (Wildman–Crippen LogP) is 3.02. The van der Waals surface area contributed by atoms with Crippen molar-refractivity contribution in [1.29, 1.82) is 0 Å². The SMILES string of the molecule is Brc1nsc(C2COc3ccccc3C2)n1. The maximum atomic E-state index is 5.72. The number of hydrogen-bond donors (Lipinski definition) is 0. The molecule has 1 aromatic heterocycles. The van der Waals surface area contributed by atoms with Crippen molar-refractivity contribution in [3.05, 3.63) is 39.6 Å². The fourth-order valence-corrected chi connectivity index (χ4v) is 3.03. The van der Waals surface area contributed by atoms with E-state index in [1.165, 1.54) is 17.1 Å². The van der Waals surface area contributed by atoms with Gasteiger partial charge in [-0.15, -0.1) is 0 Å². The fraction of sp³-hybridized carbons (Fsp3) is 0.273. The molecule has 1 aromatic carbocycles. The molecule has 1 atom stereocenters. The first-order valence-corrected chi connectivity index (χ1v) is 6.59. The van der Waals surface area contributed by atoms with E-state index in [0.29, 0.717) is 17.3 Å². The summed E-state index contributed by atoms with van der Waals surface area (Å²) in [7, 11) is 0. The highest BCUT2D eigenvalue weighted by molar-refractivity contribution is 9.10. The molecule has 3 rings (SSSR count). The van der Waals surface area contributed by atoms with Crippen molar-refractivity contribution in [3.63, 3.8) is 0 Å². The number of nitrogens with zero attached hydrogens (tertiary/aromatic N) is 2. The Bertz CT molecular complexity index is 514. The van der Waals surface area contributed by atoms with Gasteiger partial charge in [-0.3, -0.25) is 0 Å². The van der Waals surface area contributed by atoms with Crippen LogP contribution in [0.15, 0.2) is 29.0 Å². The molecular formula is C11H9BrN2OS. The van der Waals surface area contributed by atoms with Gasteiger partial charge in [0.25, 0.3) is 0 Å². The summed E-state index contributed by atoms with van der Waals surface area (Å²) < 4.78 is 10.5. The number of hydrogen-bond acceptors (Lipinski definition) is 4. The number of halogens is 1. The van der Waals surface area contributed by atoms with E-state index in [4.69, 9.17) is 4.74 Å². The highest BCUT2D eigenvalue weighted by Gasteiger charge is 2.23. The van der Waals surface area contributed by atoms with Crippen LogP contribution < -0.4 is 4.74 Å². The van der Waals surface area contributed by atoms with Crippen molar-refractivity contribution in [2.24, 2.45) is 0 Å². The minimum absolute atomic E-state index is 0.332. The molecule has 0 saturated heterocycles. The van der Waals surface area contributed by atoms with Crippen molar-refractivity contribution in [2.75, 3.05) is 6.61 Å². The third-order valence-electron chi connectivity index (χ3n) is 2.65. The molecule has 1 aliphatic rings. The van der Waals surface area contributed by atoms with Crippen molar-refractivity contribution in [1.82, 2.24) is 9.36 Å². The topological polar surface area (TPSA) is 35.0 Å². The second-order valence-corrected chi connectivity index (χ2v) is 5.21. The summed E-state index contributed by atoms with van der Waals surface area (Å²) in [4.78, 5) is 4.35. The maximum Gasteiger partial charge on any atom is 0.209 e. The molecule has 2 heterocycles. The van der Waals surface area contributed by atoms with Crippen LogP contribution in [0, 0.1) is 0 Å². The van der Waals surface area contributed by atoms with Gasteiger partial charge in [0.15, 0.2) is 0 Å². The van der Waals surface area contributed by atoms with Gasteiger partial charge in [0.2, 0.25) is 4.73 Å². The van der Waals surface area contributed by atoms with E-state index >= 15 is 0 Å². The Labute approximate surface area is 106 Å². The van der Waals surface area contributed by atoms with E-state index in [2.05, 4.69) is 31.4 Å². The zero-order valence-electron chi connectivity index (χ0n) is 8.39. The minimum Gasteiger partial charge on any atom is -0.493 e. The third kappa shape index (κ3) is 1.85. The number of rotatable bonds is 1. The largest absolute Gasteiger partial charge is 0.493 e. The summed E-state index contributed by atoms with van der Waals surface area (Å²) in [5.41, 5.74) is 1.25. The number of fused-ring (bicyclic) bond motifs is 1. The lowest BCUT2D eigenvalue weighted by atomic mass is 9.97. The number of aromatic nitrogens is 2. The van der Waals surface area contributed by atoms with Gasteiger partial charge in [-0.05, 0) is 45.5 Å². The van der Waals surface area contributed by atoms with Crippen molar-refractivity contribution < 1.29 is 4.74 Å². The van der Waals surface area contributed by atoms with E-state index in [1.54, 1.807) is 0 Å². The maximum absolute atomic E-state index is 5.72. The van der Waals surface area contributed by atoms with Crippen LogP contribution in [0.3, 0.4) is 0 Å². The first kappa shape index (κ1) is 10.2. The van der Waals surface area contributed by atoms with Crippen LogP contribution >= 0.6 is 27.5 Å². The molecule has 16 heavy (non-hydrogen) atoms. The van der Waals surface area contributed by atoms with Crippen LogP contribution in [0.4, 0.5) is 0 Å². The van der Waals surface area contributed by atoms with Gasteiger partial charge >= 0.3 is 0 Å². The fourth-order valence-electron chi connectivity index (χ4n) is 1.87. The van der Waals surface area contributed by atoms with Crippen LogP contribution in [-0.2, 0) is 6.42 Å². The average molecular weight is 297 g/mol. The van der Waals surface area contributed by atoms with Gasteiger partial charge in [0, 0.05) is 0 Å². The lowest BCUT2D eigenvalue weighted by molar-refractivity contribution is 0.262. The molecule has 1 unspecified atom stereocenters. The monoisotopic (exact) mass is 296 g/mol. The first-order chi connectivity index (χ1) is 7.83. The van der Waals surface area contributed by atoms with E-state index in [9.17, 15) is 0 Å². The van der Waals surface area contributed by atoms with E-state index in [0.717, 1.165) is 17.2 Å². The van der Waals surface area contributed by atoms with Gasteiger partial charge in [-0.2, -0.15) is 4.37 Å². The van der Waals surface area contributed by atoms with Gasteiger partial charge in [-0.1, -0.05) is 18.2 Å². The van der Waals surface area contributed by atoms with E-state index in [-0.39, 0.29) is 0 Å². The molecule has 0 spiro atoms. The number of benzene rings is 1. The number of para-hydroxylation sites is 1. The Morgan fingerprint density at radius 1 is 1.38 bits per heavy atom. The lowest BCUT2D eigenvalue weighted by Gasteiger charge is -2.23. The second kappa shape index (κ2) is 4.14. The van der Waals surface area contributed by atoms with Crippen LogP contribution in [0.2, 0.25) is 0 Å². The summed E-state index contributed by atoms with van der Waals surface area (Å²) in [6, 6.07) is 8.17. The Balaban J connectivity index is 1.88. The summed E-state index contributed by atoms with van der Waals surface area (Å²) in [6.45, 7) is 0.693.